The molecule has 0 radical (unpaired) electrons. The third-order valence-electron chi connectivity index (χ3n) is 6.05. The number of aromatic nitrogens is 3. The van der Waals surface area contributed by atoms with Crippen molar-refractivity contribution in [2.45, 2.75) is 52.1 Å². The van der Waals surface area contributed by atoms with Gasteiger partial charge in [-0.05, 0) is 56.0 Å². The normalized spacial score (nSPS) is 14.3. The first-order valence-corrected chi connectivity index (χ1v) is 11.2. The van der Waals surface area contributed by atoms with Gasteiger partial charge >= 0.3 is 0 Å². The highest BCUT2D eigenvalue weighted by Crippen LogP contribution is 2.32. The van der Waals surface area contributed by atoms with Gasteiger partial charge in [-0.2, -0.15) is 4.98 Å². The van der Waals surface area contributed by atoms with Crippen LogP contribution in [-0.2, 0) is 11.3 Å². The molecule has 2 heterocycles. The molecule has 2 aromatic heterocycles. The molecule has 0 aliphatic heterocycles. The van der Waals surface area contributed by atoms with Crippen LogP contribution in [0.25, 0.3) is 17.1 Å². The van der Waals surface area contributed by atoms with E-state index in [4.69, 9.17) is 14.5 Å². The average Bonchev–Trinajstić information content (AvgIpc) is 3.34. The molecule has 1 aliphatic rings. The SMILES string of the molecule is CCOC=Cc1c(C)c2cnc(NCc3ccc(OC)cc3)nc2n(C2CCCC2)c1=O. The van der Waals surface area contributed by atoms with Crippen LogP contribution in [0.1, 0.15) is 55.3 Å². The number of pyridine rings is 1. The fourth-order valence-corrected chi connectivity index (χ4v) is 4.27. The topological polar surface area (TPSA) is 78.3 Å². The fraction of sp³-hybridized carbons (Fsp3) is 0.400. The van der Waals surface area contributed by atoms with Crippen LogP contribution in [0.3, 0.4) is 0 Å². The first-order valence-electron chi connectivity index (χ1n) is 11.2. The number of hydrogen-bond donors (Lipinski definition) is 1. The minimum absolute atomic E-state index is 0.0161. The van der Waals surface area contributed by atoms with Crippen LogP contribution in [-0.4, -0.2) is 28.3 Å². The van der Waals surface area contributed by atoms with Gasteiger partial charge in [0.2, 0.25) is 5.95 Å². The zero-order chi connectivity index (χ0) is 22.5. The molecule has 1 N–H and O–H groups in total. The van der Waals surface area contributed by atoms with Crippen molar-refractivity contribution in [1.82, 2.24) is 14.5 Å². The Labute approximate surface area is 188 Å². The van der Waals surface area contributed by atoms with E-state index in [1.54, 1.807) is 19.4 Å². The Bertz CT molecular complexity index is 1160. The lowest BCUT2D eigenvalue weighted by Crippen LogP contribution is -2.28. The van der Waals surface area contributed by atoms with Crippen molar-refractivity contribution in [2.24, 2.45) is 0 Å². The summed E-state index contributed by atoms with van der Waals surface area (Å²) >= 11 is 0. The van der Waals surface area contributed by atoms with Crippen molar-refractivity contribution < 1.29 is 9.47 Å². The van der Waals surface area contributed by atoms with Crippen molar-refractivity contribution in [2.75, 3.05) is 19.0 Å². The van der Waals surface area contributed by atoms with E-state index in [1.807, 2.05) is 48.9 Å². The number of nitrogens with zero attached hydrogens (tertiary/aromatic N) is 3. The number of anilines is 1. The quantitative estimate of drug-likeness (QED) is 0.511. The van der Waals surface area contributed by atoms with Crippen molar-refractivity contribution in [3.8, 4) is 5.75 Å². The number of nitrogens with one attached hydrogen (secondary N) is 1. The van der Waals surface area contributed by atoms with Crippen molar-refractivity contribution in [3.05, 3.63) is 63.8 Å². The number of hydrogen-bond acceptors (Lipinski definition) is 6. The summed E-state index contributed by atoms with van der Waals surface area (Å²) in [6.45, 7) is 5.01. The van der Waals surface area contributed by atoms with Crippen LogP contribution < -0.4 is 15.6 Å². The molecule has 3 aromatic rings. The number of methoxy groups -OCH3 is 1. The van der Waals surface area contributed by atoms with Crippen molar-refractivity contribution in [3.63, 3.8) is 0 Å². The highest BCUT2D eigenvalue weighted by atomic mass is 16.5. The number of rotatable bonds is 8. The third-order valence-corrected chi connectivity index (χ3v) is 6.05. The van der Waals surface area contributed by atoms with E-state index in [1.165, 1.54) is 0 Å². The summed E-state index contributed by atoms with van der Waals surface area (Å²) in [6, 6.07) is 8.02. The van der Waals surface area contributed by atoms with Gasteiger partial charge < -0.3 is 14.8 Å². The van der Waals surface area contributed by atoms with E-state index in [0.717, 1.165) is 47.9 Å². The third kappa shape index (κ3) is 4.47. The fourth-order valence-electron chi connectivity index (χ4n) is 4.27. The Morgan fingerprint density at radius 3 is 2.66 bits per heavy atom. The van der Waals surface area contributed by atoms with E-state index >= 15 is 0 Å². The molecule has 1 aromatic carbocycles. The molecule has 0 bridgehead atoms. The molecule has 32 heavy (non-hydrogen) atoms. The lowest BCUT2D eigenvalue weighted by atomic mass is 10.1. The second-order valence-corrected chi connectivity index (χ2v) is 8.04. The van der Waals surface area contributed by atoms with Crippen LogP contribution in [0.2, 0.25) is 0 Å². The van der Waals surface area contributed by atoms with Crippen LogP contribution in [0.15, 0.2) is 41.5 Å². The lowest BCUT2D eigenvalue weighted by Gasteiger charge is -2.19. The maximum atomic E-state index is 13.5. The van der Waals surface area contributed by atoms with Gasteiger partial charge in [0.25, 0.3) is 5.56 Å². The molecule has 0 unspecified atom stereocenters. The van der Waals surface area contributed by atoms with Gasteiger partial charge in [0.1, 0.15) is 11.4 Å². The van der Waals surface area contributed by atoms with Gasteiger partial charge in [-0.1, -0.05) is 25.0 Å². The van der Waals surface area contributed by atoms with Crippen LogP contribution >= 0.6 is 0 Å². The minimum Gasteiger partial charge on any atom is -0.501 e. The summed E-state index contributed by atoms with van der Waals surface area (Å²) in [5.41, 5.74) is 3.28. The highest BCUT2D eigenvalue weighted by molar-refractivity contribution is 5.82. The standard InChI is InChI=1S/C25H30N4O3/c1-4-32-14-13-21-17(2)22-16-27-25(26-15-18-9-11-20(31-3)12-10-18)28-23(22)29(24(21)30)19-7-5-6-8-19/h9-14,16,19H,4-8,15H2,1-3H3,(H,26,27,28). The Morgan fingerprint density at radius 2 is 1.97 bits per heavy atom. The molecule has 0 amide bonds. The monoisotopic (exact) mass is 434 g/mol. The van der Waals surface area contributed by atoms with Gasteiger partial charge in [0.05, 0.1) is 20.0 Å². The van der Waals surface area contributed by atoms with Crippen molar-refractivity contribution >= 4 is 23.1 Å². The summed E-state index contributed by atoms with van der Waals surface area (Å²) in [5.74, 6) is 1.33. The molecular formula is C25H30N4O3. The average molecular weight is 435 g/mol. The van der Waals surface area contributed by atoms with E-state index < -0.39 is 0 Å². The van der Waals surface area contributed by atoms with Gasteiger partial charge in [-0.25, -0.2) is 4.98 Å². The molecule has 0 saturated heterocycles. The molecule has 7 heteroatoms. The number of aryl methyl sites for hydroxylation is 1. The first-order chi connectivity index (χ1) is 15.6. The summed E-state index contributed by atoms with van der Waals surface area (Å²) in [6.07, 6.45) is 9.42. The second-order valence-electron chi connectivity index (χ2n) is 8.04. The summed E-state index contributed by atoms with van der Waals surface area (Å²) in [7, 11) is 1.65. The Morgan fingerprint density at radius 1 is 1.22 bits per heavy atom. The summed E-state index contributed by atoms with van der Waals surface area (Å²) in [5, 5.41) is 4.18. The molecule has 4 rings (SSSR count). The Hall–Kier alpha value is -3.35. The Kier molecular flexibility index (Phi) is 6.73. The maximum absolute atomic E-state index is 13.5. The maximum Gasteiger partial charge on any atom is 0.260 e. The molecule has 0 spiro atoms. The first kappa shape index (κ1) is 21.9. The van der Waals surface area contributed by atoms with Crippen LogP contribution in [0, 0.1) is 6.92 Å². The Balaban J connectivity index is 1.72. The van der Waals surface area contributed by atoms with Gasteiger partial charge in [0.15, 0.2) is 0 Å². The lowest BCUT2D eigenvalue weighted by molar-refractivity contribution is 0.272. The number of ether oxygens (including phenoxy) is 2. The van der Waals surface area contributed by atoms with E-state index in [2.05, 4.69) is 10.3 Å². The predicted octanol–water partition coefficient (Wildman–Crippen LogP) is 4.84. The molecule has 1 fully saturated rings. The zero-order valence-corrected chi connectivity index (χ0v) is 18.9. The molecule has 1 aliphatic carbocycles. The van der Waals surface area contributed by atoms with Gasteiger partial charge in [0, 0.05) is 29.7 Å². The summed E-state index contributed by atoms with van der Waals surface area (Å²) in [4.78, 5) is 22.8. The molecule has 1 saturated carbocycles. The summed E-state index contributed by atoms with van der Waals surface area (Å²) < 4.78 is 12.4. The van der Waals surface area contributed by atoms with Gasteiger partial charge in [-0.15, -0.1) is 0 Å². The molecule has 168 valence electrons. The van der Waals surface area contributed by atoms with E-state index in [0.29, 0.717) is 30.3 Å². The predicted molar refractivity (Wildman–Crippen MR) is 127 cm³/mol. The van der Waals surface area contributed by atoms with Crippen molar-refractivity contribution in [1.29, 1.82) is 0 Å². The van der Waals surface area contributed by atoms with Crippen LogP contribution in [0.4, 0.5) is 5.95 Å². The minimum atomic E-state index is -0.0161. The number of fused-ring (bicyclic) bond motifs is 1. The largest absolute Gasteiger partial charge is 0.501 e. The van der Waals surface area contributed by atoms with E-state index in [9.17, 15) is 4.79 Å². The van der Waals surface area contributed by atoms with Crippen LogP contribution in [0.5, 0.6) is 5.75 Å². The van der Waals surface area contributed by atoms with E-state index in [-0.39, 0.29) is 11.6 Å². The highest BCUT2D eigenvalue weighted by Gasteiger charge is 2.23. The smallest absolute Gasteiger partial charge is 0.260 e. The molecule has 0 atom stereocenters. The second kappa shape index (κ2) is 9.85. The zero-order valence-electron chi connectivity index (χ0n) is 18.9. The number of benzene rings is 1. The molecule has 7 nitrogen and oxygen atoms in total. The van der Waals surface area contributed by atoms with Gasteiger partial charge in [-0.3, -0.25) is 9.36 Å². The molecular weight excluding hydrogens is 404 g/mol.